The van der Waals surface area contributed by atoms with Crippen molar-refractivity contribution in [2.24, 2.45) is 0 Å². The Morgan fingerprint density at radius 2 is 2.12 bits per heavy atom. The highest BCUT2D eigenvalue weighted by Gasteiger charge is 2.11. The standard InChI is InChI=1S/C13H20FNO2/c1-4-16-7-8-17-13-6-5-11(14)9-12(13)10(2)15-3/h5-6,9-10,15H,4,7-8H2,1-3H3. The second-order valence-electron chi connectivity index (χ2n) is 3.74. The van der Waals surface area contributed by atoms with Crippen molar-refractivity contribution >= 4 is 0 Å². The lowest BCUT2D eigenvalue weighted by Gasteiger charge is -2.16. The summed E-state index contributed by atoms with van der Waals surface area (Å²) in [4.78, 5) is 0. The Morgan fingerprint density at radius 3 is 2.76 bits per heavy atom. The lowest BCUT2D eigenvalue weighted by molar-refractivity contribution is 0.109. The minimum atomic E-state index is -0.251. The maximum absolute atomic E-state index is 13.2. The Kier molecular flexibility index (Phi) is 5.94. The van der Waals surface area contributed by atoms with Gasteiger partial charge in [0.25, 0.3) is 0 Å². The molecule has 0 aromatic heterocycles. The zero-order valence-corrected chi connectivity index (χ0v) is 10.6. The lowest BCUT2D eigenvalue weighted by Crippen LogP contribution is -2.15. The summed E-state index contributed by atoms with van der Waals surface area (Å²) in [5.74, 6) is 0.451. The Morgan fingerprint density at radius 1 is 1.35 bits per heavy atom. The highest BCUT2D eigenvalue weighted by molar-refractivity contribution is 5.36. The first-order chi connectivity index (χ1) is 8.19. The zero-order chi connectivity index (χ0) is 12.7. The van der Waals surface area contributed by atoms with Gasteiger partial charge in [0, 0.05) is 18.2 Å². The molecule has 0 saturated carbocycles. The number of hydrogen-bond acceptors (Lipinski definition) is 3. The molecule has 0 spiro atoms. The van der Waals surface area contributed by atoms with E-state index in [1.807, 2.05) is 20.9 Å². The van der Waals surface area contributed by atoms with Gasteiger partial charge >= 0.3 is 0 Å². The number of ether oxygens (including phenoxy) is 2. The van der Waals surface area contributed by atoms with Crippen molar-refractivity contribution in [3.8, 4) is 5.75 Å². The average Bonchev–Trinajstić information content (AvgIpc) is 2.35. The van der Waals surface area contributed by atoms with Gasteiger partial charge in [0.05, 0.1) is 6.61 Å². The highest BCUT2D eigenvalue weighted by atomic mass is 19.1. The van der Waals surface area contributed by atoms with Gasteiger partial charge in [-0.1, -0.05) is 0 Å². The van der Waals surface area contributed by atoms with Crippen LogP contribution in [0.5, 0.6) is 5.75 Å². The third-order valence-electron chi connectivity index (χ3n) is 2.56. The van der Waals surface area contributed by atoms with Crippen LogP contribution in [0.3, 0.4) is 0 Å². The van der Waals surface area contributed by atoms with Gasteiger partial charge in [0.1, 0.15) is 18.2 Å². The molecule has 1 atom stereocenters. The average molecular weight is 241 g/mol. The minimum Gasteiger partial charge on any atom is -0.491 e. The summed E-state index contributed by atoms with van der Waals surface area (Å²) < 4.78 is 24.0. The summed E-state index contributed by atoms with van der Waals surface area (Å²) >= 11 is 0. The van der Waals surface area contributed by atoms with Gasteiger partial charge in [-0.3, -0.25) is 0 Å². The summed E-state index contributed by atoms with van der Waals surface area (Å²) in [6.07, 6.45) is 0. The Balaban J connectivity index is 2.69. The summed E-state index contributed by atoms with van der Waals surface area (Å²) in [6.45, 7) is 5.59. The van der Waals surface area contributed by atoms with E-state index >= 15 is 0 Å². The number of rotatable bonds is 7. The first kappa shape index (κ1) is 13.9. The smallest absolute Gasteiger partial charge is 0.124 e. The topological polar surface area (TPSA) is 30.5 Å². The van der Waals surface area contributed by atoms with Gasteiger partial charge in [-0.15, -0.1) is 0 Å². The van der Waals surface area contributed by atoms with Crippen LogP contribution in [-0.2, 0) is 4.74 Å². The van der Waals surface area contributed by atoms with Crippen LogP contribution >= 0.6 is 0 Å². The second-order valence-corrected chi connectivity index (χ2v) is 3.74. The SMILES string of the molecule is CCOCCOc1ccc(F)cc1C(C)NC. The number of benzene rings is 1. The normalized spacial score (nSPS) is 12.5. The van der Waals surface area contributed by atoms with E-state index in [0.717, 1.165) is 5.56 Å². The van der Waals surface area contributed by atoms with E-state index in [0.29, 0.717) is 25.6 Å². The molecule has 3 nitrogen and oxygen atoms in total. The summed E-state index contributed by atoms with van der Waals surface area (Å²) in [6, 6.07) is 4.61. The van der Waals surface area contributed by atoms with Crippen LogP contribution in [0.2, 0.25) is 0 Å². The quantitative estimate of drug-likeness (QED) is 0.744. The number of hydrogen-bond donors (Lipinski definition) is 1. The van der Waals surface area contributed by atoms with Crippen LogP contribution in [0.4, 0.5) is 4.39 Å². The number of nitrogens with one attached hydrogen (secondary N) is 1. The van der Waals surface area contributed by atoms with Crippen molar-refractivity contribution in [1.29, 1.82) is 0 Å². The molecule has 1 rings (SSSR count). The summed E-state index contributed by atoms with van der Waals surface area (Å²) in [7, 11) is 1.83. The molecular formula is C13H20FNO2. The predicted molar refractivity (Wildman–Crippen MR) is 65.9 cm³/mol. The van der Waals surface area contributed by atoms with Gasteiger partial charge in [-0.05, 0) is 39.1 Å². The van der Waals surface area contributed by atoms with Crippen molar-refractivity contribution in [2.45, 2.75) is 19.9 Å². The van der Waals surface area contributed by atoms with Crippen LogP contribution in [0.15, 0.2) is 18.2 Å². The molecular weight excluding hydrogens is 221 g/mol. The lowest BCUT2D eigenvalue weighted by atomic mass is 10.1. The van der Waals surface area contributed by atoms with E-state index in [1.165, 1.54) is 12.1 Å². The Hall–Kier alpha value is -1.13. The van der Waals surface area contributed by atoms with Crippen LogP contribution < -0.4 is 10.1 Å². The van der Waals surface area contributed by atoms with Gasteiger partial charge in [-0.2, -0.15) is 0 Å². The molecule has 17 heavy (non-hydrogen) atoms. The molecule has 0 aliphatic rings. The highest BCUT2D eigenvalue weighted by Crippen LogP contribution is 2.25. The molecule has 0 radical (unpaired) electrons. The van der Waals surface area contributed by atoms with E-state index in [2.05, 4.69) is 5.32 Å². The van der Waals surface area contributed by atoms with Crippen LogP contribution in [-0.4, -0.2) is 26.9 Å². The molecule has 1 unspecified atom stereocenters. The van der Waals surface area contributed by atoms with Gasteiger partial charge < -0.3 is 14.8 Å². The van der Waals surface area contributed by atoms with E-state index in [-0.39, 0.29) is 11.9 Å². The third kappa shape index (κ3) is 4.32. The van der Waals surface area contributed by atoms with Gasteiger partial charge in [0.15, 0.2) is 0 Å². The zero-order valence-electron chi connectivity index (χ0n) is 10.6. The number of halogens is 1. The fourth-order valence-corrected chi connectivity index (χ4v) is 1.50. The molecule has 1 aromatic carbocycles. The van der Waals surface area contributed by atoms with Gasteiger partial charge in [0.2, 0.25) is 0 Å². The second kappa shape index (κ2) is 7.25. The first-order valence-electron chi connectivity index (χ1n) is 5.86. The molecule has 1 aromatic rings. The fourth-order valence-electron chi connectivity index (χ4n) is 1.50. The molecule has 96 valence electrons. The molecule has 4 heteroatoms. The molecule has 0 saturated heterocycles. The molecule has 0 heterocycles. The van der Waals surface area contributed by atoms with Crippen molar-refractivity contribution in [3.63, 3.8) is 0 Å². The van der Waals surface area contributed by atoms with E-state index < -0.39 is 0 Å². The van der Waals surface area contributed by atoms with E-state index in [9.17, 15) is 4.39 Å². The molecule has 1 N–H and O–H groups in total. The molecule has 0 aliphatic carbocycles. The summed E-state index contributed by atoms with van der Waals surface area (Å²) in [5.41, 5.74) is 0.823. The monoisotopic (exact) mass is 241 g/mol. The largest absolute Gasteiger partial charge is 0.491 e. The van der Waals surface area contributed by atoms with E-state index in [4.69, 9.17) is 9.47 Å². The van der Waals surface area contributed by atoms with Crippen LogP contribution in [0.25, 0.3) is 0 Å². The molecule has 0 fully saturated rings. The Labute approximate surface area is 102 Å². The minimum absolute atomic E-state index is 0.0489. The third-order valence-corrected chi connectivity index (χ3v) is 2.56. The maximum atomic E-state index is 13.2. The molecule has 0 amide bonds. The van der Waals surface area contributed by atoms with E-state index in [1.54, 1.807) is 6.07 Å². The first-order valence-corrected chi connectivity index (χ1v) is 5.86. The van der Waals surface area contributed by atoms with Crippen molar-refractivity contribution in [3.05, 3.63) is 29.6 Å². The van der Waals surface area contributed by atoms with Crippen molar-refractivity contribution < 1.29 is 13.9 Å². The fraction of sp³-hybridized carbons (Fsp3) is 0.538. The predicted octanol–water partition coefficient (Wildman–Crippen LogP) is 2.52. The molecule has 0 aliphatic heterocycles. The van der Waals surface area contributed by atoms with Gasteiger partial charge in [-0.25, -0.2) is 4.39 Å². The Bertz CT molecular complexity index is 344. The van der Waals surface area contributed by atoms with Crippen LogP contribution in [0.1, 0.15) is 25.5 Å². The molecule has 0 bridgehead atoms. The maximum Gasteiger partial charge on any atom is 0.124 e. The van der Waals surface area contributed by atoms with Crippen molar-refractivity contribution in [1.82, 2.24) is 5.32 Å². The summed E-state index contributed by atoms with van der Waals surface area (Å²) in [5, 5.41) is 3.07. The van der Waals surface area contributed by atoms with Crippen molar-refractivity contribution in [2.75, 3.05) is 26.9 Å². The van der Waals surface area contributed by atoms with Crippen LogP contribution in [0, 0.1) is 5.82 Å².